The first-order chi connectivity index (χ1) is 6.66. The van der Waals surface area contributed by atoms with Gasteiger partial charge in [-0.05, 0) is 30.9 Å². The summed E-state index contributed by atoms with van der Waals surface area (Å²) in [6.45, 7) is 4.36. The summed E-state index contributed by atoms with van der Waals surface area (Å²) in [5.74, 6) is 0.876. The van der Waals surface area contributed by atoms with Gasteiger partial charge in [-0.2, -0.15) is 0 Å². The largest absolute Gasteiger partial charge is 0.294 e. The van der Waals surface area contributed by atoms with E-state index in [2.05, 4.69) is 18.8 Å². The maximum atomic E-state index is 11.4. The highest BCUT2D eigenvalue weighted by Gasteiger charge is 2.20. The molecule has 2 rings (SSSR count). The summed E-state index contributed by atoms with van der Waals surface area (Å²) in [4.78, 5) is 15.9. The third kappa shape index (κ3) is 1.69. The van der Waals surface area contributed by atoms with Crippen LogP contribution in [0, 0.1) is 5.92 Å². The van der Waals surface area contributed by atoms with Crippen LogP contribution in [0.2, 0.25) is 0 Å². The summed E-state index contributed by atoms with van der Waals surface area (Å²) in [6, 6.07) is 3.93. The molecule has 0 atom stereocenters. The molecule has 1 aromatic rings. The van der Waals surface area contributed by atoms with Crippen molar-refractivity contribution >= 4 is 5.78 Å². The van der Waals surface area contributed by atoms with Gasteiger partial charge in [0, 0.05) is 17.7 Å². The zero-order valence-electron chi connectivity index (χ0n) is 8.71. The lowest BCUT2D eigenvalue weighted by Gasteiger charge is -2.05. The maximum absolute atomic E-state index is 11.4. The molecule has 2 nitrogen and oxygen atoms in total. The van der Waals surface area contributed by atoms with Gasteiger partial charge < -0.3 is 0 Å². The van der Waals surface area contributed by atoms with E-state index in [4.69, 9.17) is 0 Å². The predicted molar refractivity (Wildman–Crippen MR) is 55.4 cm³/mol. The smallest absolute Gasteiger partial charge is 0.165 e. The number of hydrogen-bond acceptors (Lipinski definition) is 2. The summed E-state index contributed by atoms with van der Waals surface area (Å²) >= 11 is 0. The van der Waals surface area contributed by atoms with Crippen molar-refractivity contribution in [1.82, 2.24) is 4.98 Å². The van der Waals surface area contributed by atoms with Crippen LogP contribution in [-0.4, -0.2) is 10.8 Å². The lowest BCUT2D eigenvalue weighted by atomic mass is 10.1. The van der Waals surface area contributed by atoms with Gasteiger partial charge in [-0.3, -0.25) is 9.78 Å². The third-order valence-electron chi connectivity index (χ3n) is 2.54. The summed E-state index contributed by atoms with van der Waals surface area (Å²) in [7, 11) is 0. The van der Waals surface area contributed by atoms with Crippen LogP contribution >= 0.6 is 0 Å². The van der Waals surface area contributed by atoms with E-state index in [1.54, 1.807) is 0 Å². The Morgan fingerprint density at radius 1 is 1.36 bits per heavy atom. The molecule has 2 heteroatoms. The maximum Gasteiger partial charge on any atom is 0.165 e. The normalized spacial score (nSPS) is 14.9. The van der Waals surface area contributed by atoms with E-state index < -0.39 is 0 Å². The zero-order valence-corrected chi connectivity index (χ0v) is 8.71. The molecule has 0 spiro atoms. The second-order valence-corrected chi connectivity index (χ2v) is 4.32. The molecule has 74 valence electrons. The van der Waals surface area contributed by atoms with Crippen molar-refractivity contribution in [3.63, 3.8) is 0 Å². The van der Waals surface area contributed by atoms with Crippen molar-refractivity contribution in [3.05, 3.63) is 29.1 Å². The van der Waals surface area contributed by atoms with Gasteiger partial charge in [0.25, 0.3) is 0 Å². The van der Waals surface area contributed by atoms with E-state index in [1.807, 2.05) is 12.1 Å². The number of carbonyl (C=O) groups excluding carboxylic acids is 1. The van der Waals surface area contributed by atoms with Crippen LogP contribution in [0.4, 0.5) is 0 Å². The predicted octanol–water partition coefficient (Wildman–Crippen LogP) is 2.41. The van der Waals surface area contributed by atoms with Crippen molar-refractivity contribution in [1.29, 1.82) is 0 Å². The second-order valence-electron chi connectivity index (χ2n) is 4.32. The fraction of sp³-hybridized carbons (Fsp3) is 0.500. The van der Waals surface area contributed by atoms with E-state index in [1.165, 1.54) is 0 Å². The number of Topliss-reactive ketones (excluding diaryl/α,β-unsaturated/α-hetero) is 1. The average molecular weight is 189 g/mol. The van der Waals surface area contributed by atoms with Crippen LogP contribution < -0.4 is 0 Å². The fourth-order valence-electron chi connectivity index (χ4n) is 1.89. The summed E-state index contributed by atoms with van der Waals surface area (Å²) in [6.07, 6.45) is 2.48. The Bertz CT molecular complexity index is 369. The molecular weight excluding hydrogens is 174 g/mol. The molecule has 0 aliphatic heterocycles. The minimum Gasteiger partial charge on any atom is -0.294 e. The van der Waals surface area contributed by atoms with Crippen molar-refractivity contribution in [2.24, 2.45) is 5.92 Å². The highest BCUT2D eigenvalue weighted by molar-refractivity contribution is 5.99. The molecule has 1 aliphatic rings. The standard InChI is InChI=1S/C12H15NO/c1-8(2)7-9-3-4-10-11(13-9)5-6-12(10)14/h3-4,8H,5-7H2,1-2H3. The molecule has 0 bridgehead atoms. The number of rotatable bonds is 2. The van der Waals surface area contributed by atoms with Crippen molar-refractivity contribution in [3.8, 4) is 0 Å². The lowest BCUT2D eigenvalue weighted by molar-refractivity contribution is 0.0994. The molecular formula is C12H15NO. The first-order valence-electron chi connectivity index (χ1n) is 5.19. The molecule has 0 amide bonds. The molecule has 0 aromatic carbocycles. The van der Waals surface area contributed by atoms with Gasteiger partial charge in [0.2, 0.25) is 0 Å². The van der Waals surface area contributed by atoms with Gasteiger partial charge in [0.05, 0.1) is 5.69 Å². The van der Waals surface area contributed by atoms with Gasteiger partial charge in [-0.25, -0.2) is 0 Å². The minimum atomic E-state index is 0.253. The van der Waals surface area contributed by atoms with E-state index in [0.717, 1.165) is 29.8 Å². The van der Waals surface area contributed by atoms with E-state index in [-0.39, 0.29) is 5.78 Å². The van der Waals surface area contributed by atoms with Crippen molar-refractivity contribution in [2.45, 2.75) is 33.1 Å². The number of fused-ring (bicyclic) bond motifs is 1. The van der Waals surface area contributed by atoms with Gasteiger partial charge in [-0.1, -0.05) is 13.8 Å². The van der Waals surface area contributed by atoms with Gasteiger partial charge in [0.15, 0.2) is 5.78 Å². The summed E-state index contributed by atoms with van der Waals surface area (Å²) in [5.41, 5.74) is 2.97. The van der Waals surface area contributed by atoms with Gasteiger partial charge in [-0.15, -0.1) is 0 Å². The number of carbonyl (C=O) groups is 1. The van der Waals surface area contributed by atoms with Gasteiger partial charge >= 0.3 is 0 Å². The van der Waals surface area contributed by atoms with Crippen molar-refractivity contribution < 1.29 is 4.79 Å². The van der Waals surface area contributed by atoms with E-state index in [9.17, 15) is 4.79 Å². The molecule has 0 radical (unpaired) electrons. The van der Waals surface area contributed by atoms with Gasteiger partial charge in [0.1, 0.15) is 0 Å². The average Bonchev–Trinajstić information content (AvgIpc) is 2.46. The molecule has 1 heterocycles. The molecule has 14 heavy (non-hydrogen) atoms. The molecule has 1 aliphatic carbocycles. The Kier molecular flexibility index (Phi) is 2.36. The summed E-state index contributed by atoms with van der Waals surface area (Å²) in [5, 5.41) is 0. The molecule has 0 N–H and O–H groups in total. The lowest BCUT2D eigenvalue weighted by Crippen LogP contribution is -2.00. The Hall–Kier alpha value is -1.18. The minimum absolute atomic E-state index is 0.253. The van der Waals surface area contributed by atoms with E-state index in [0.29, 0.717) is 12.3 Å². The number of hydrogen-bond donors (Lipinski definition) is 0. The number of ketones is 1. The Morgan fingerprint density at radius 3 is 2.86 bits per heavy atom. The molecule has 1 aromatic heterocycles. The highest BCUT2D eigenvalue weighted by Crippen LogP contribution is 2.20. The zero-order chi connectivity index (χ0) is 10.1. The fourth-order valence-corrected chi connectivity index (χ4v) is 1.89. The number of pyridine rings is 1. The van der Waals surface area contributed by atoms with Crippen LogP contribution in [0.5, 0.6) is 0 Å². The van der Waals surface area contributed by atoms with Crippen LogP contribution in [0.25, 0.3) is 0 Å². The van der Waals surface area contributed by atoms with Crippen LogP contribution in [0.15, 0.2) is 12.1 Å². The Morgan fingerprint density at radius 2 is 2.14 bits per heavy atom. The van der Waals surface area contributed by atoms with Crippen LogP contribution in [0.1, 0.15) is 42.0 Å². The van der Waals surface area contributed by atoms with E-state index >= 15 is 0 Å². The number of aromatic nitrogens is 1. The monoisotopic (exact) mass is 189 g/mol. The van der Waals surface area contributed by atoms with Crippen LogP contribution in [0.3, 0.4) is 0 Å². The Balaban J connectivity index is 2.28. The first-order valence-corrected chi connectivity index (χ1v) is 5.19. The third-order valence-corrected chi connectivity index (χ3v) is 2.54. The first kappa shape index (κ1) is 9.38. The second kappa shape index (κ2) is 3.52. The summed E-state index contributed by atoms with van der Waals surface area (Å²) < 4.78 is 0. The number of aryl methyl sites for hydroxylation is 1. The van der Waals surface area contributed by atoms with Crippen molar-refractivity contribution in [2.75, 3.05) is 0 Å². The highest BCUT2D eigenvalue weighted by atomic mass is 16.1. The Labute approximate surface area is 84.4 Å². The molecule has 0 saturated carbocycles. The van der Waals surface area contributed by atoms with Crippen LogP contribution in [-0.2, 0) is 12.8 Å². The SMILES string of the molecule is CC(C)Cc1ccc2c(n1)CCC2=O. The topological polar surface area (TPSA) is 30.0 Å². The molecule has 0 saturated heterocycles. The number of nitrogens with zero attached hydrogens (tertiary/aromatic N) is 1. The quantitative estimate of drug-likeness (QED) is 0.715. The molecule has 0 unspecified atom stereocenters. The molecule has 0 fully saturated rings.